The Labute approximate surface area is 163 Å². The van der Waals surface area contributed by atoms with Crippen LogP contribution in [-0.4, -0.2) is 55.7 Å². The van der Waals surface area contributed by atoms with Crippen molar-refractivity contribution in [2.24, 2.45) is 0 Å². The molecule has 1 amide bonds. The van der Waals surface area contributed by atoms with Gasteiger partial charge in [-0.2, -0.15) is 13.2 Å². The minimum atomic E-state index is -4.45. The highest BCUT2D eigenvalue weighted by Gasteiger charge is 2.33. The topological polar surface area (TPSA) is 44.8 Å². The SMILES string of the molecule is CC1(C)COCCN1CC(=O)Nc1cc(C(F)(F)F)ccc1N1CCCCC1. The van der Waals surface area contributed by atoms with Crippen LogP contribution in [0.1, 0.15) is 38.7 Å². The van der Waals surface area contributed by atoms with Gasteiger partial charge in [-0.1, -0.05) is 0 Å². The number of hydrogen-bond donors (Lipinski definition) is 1. The fraction of sp³-hybridized carbons (Fsp3) is 0.650. The number of alkyl halides is 3. The quantitative estimate of drug-likeness (QED) is 0.838. The van der Waals surface area contributed by atoms with Crippen molar-refractivity contribution in [2.75, 3.05) is 49.6 Å². The Balaban J connectivity index is 1.80. The zero-order valence-electron chi connectivity index (χ0n) is 16.4. The number of halogens is 3. The van der Waals surface area contributed by atoms with E-state index in [2.05, 4.69) is 10.2 Å². The van der Waals surface area contributed by atoms with E-state index in [1.165, 1.54) is 6.07 Å². The number of piperidine rings is 1. The van der Waals surface area contributed by atoms with Crippen LogP contribution in [0.15, 0.2) is 18.2 Å². The molecule has 0 bridgehead atoms. The highest BCUT2D eigenvalue weighted by Crippen LogP contribution is 2.36. The van der Waals surface area contributed by atoms with E-state index in [9.17, 15) is 18.0 Å². The van der Waals surface area contributed by atoms with Crippen molar-refractivity contribution in [1.29, 1.82) is 0 Å². The molecule has 2 aliphatic heterocycles. The van der Waals surface area contributed by atoms with Crippen LogP contribution in [0.2, 0.25) is 0 Å². The van der Waals surface area contributed by atoms with Gasteiger partial charge in [-0.25, -0.2) is 0 Å². The molecule has 5 nitrogen and oxygen atoms in total. The number of carbonyl (C=O) groups is 1. The molecule has 0 spiro atoms. The second-order valence-corrected chi connectivity index (χ2v) is 8.11. The Hall–Kier alpha value is -1.80. The summed E-state index contributed by atoms with van der Waals surface area (Å²) >= 11 is 0. The predicted molar refractivity (Wildman–Crippen MR) is 103 cm³/mol. The molecule has 1 aromatic carbocycles. The normalized spacial score (nSPS) is 20.8. The number of morpholine rings is 1. The van der Waals surface area contributed by atoms with Crippen molar-refractivity contribution in [3.8, 4) is 0 Å². The van der Waals surface area contributed by atoms with Gasteiger partial charge in [0.15, 0.2) is 0 Å². The van der Waals surface area contributed by atoms with E-state index in [-0.39, 0.29) is 23.7 Å². The third kappa shape index (κ3) is 4.97. The molecule has 0 radical (unpaired) electrons. The van der Waals surface area contributed by atoms with Crippen LogP contribution in [0.5, 0.6) is 0 Å². The second kappa shape index (κ2) is 8.29. The molecule has 2 aliphatic rings. The lowest BCUT2D eigenvalue weighted by atomic mass is 10.0. The van der Waals surface area contributed by atoms with Crippen LogP contribution in [-0.2, 0) is 15.7 Å². The van der Waals surface area contributed by atoms with E-state index in [0.29, 0.717) is 25.4 Å². The highest BCUT2D eigenvalue weighted by atomic mass is 19.4. The highest BCUT2D eigenvalue weighted by molar-refractivity contribution is 5.96. The van der Waals surface area contributed by atoms with Crippen molar-refractivity contribution in [1.82, 2.24) is 4.90 Å². The number of carbonyl (C=O) groups excluding carboxylic acids is 1. The van der Waals surface area contributed by atoms with Crippen molar-refractivity contribution in [2.45, 2.75) is 44.8 Å². The fourth-order valence-electron chi connectivity index (χ4n) is 3.77. The molecule has 0 aliphatic carbocycles. The van der Waals surface area contributed by atoms with Gasteiger partial charge < -0.3 is 15.0 Å². The maximum atomic E-state index is 13.2. The lowest BCUT2D eigenvalue weighted by molar-refractivity contribution is -0.137. The number of nitrogens with one attached hydrogen (secondary N) is 1. The number of rotatable bonds is 4. The first kappa shape index (κ1) is 20.9. The van der Waals surface area contributed by atoms with Crippen molar-refractivity contribution < 1.29 is 22.7 Å². The molecule has 156 valence electrons. The average Bonchev–Trinajstić information content (AvgIpc) is 2.63. The summed E-state index contributed by atoms with van der Waals surface area (Å²) in [7, 11) is 0. The zero-order chi connectivity index (χ0) is 20.4. The minimum Gasteiger partial charge on any atom is -0.378 e. The standard InChI is InChI=1S/C20H28F3N3O2/c1-19(2)14-28-11-10-26(19)13-18(27)24-16-12-15(20(21,22)23)6-7-17(16)25-8-4-3-5-9-25/h6-7,12H,3-5,8-11,13-14H2,1-2H3,(H,24,27). The van der Waals surface area contributed by atoms with Crippen LogP contribution in [0.3, 0.4) is 0 Å². The molecule has 8 heteroatoms. The van der Waals surface area contributed by atoms with E-state index in [0.717, 1.165) is 44.5 Å². The molecular formula is C20H28F3N3O2. The molecule has 1 N–H and O–H groups in total. The van der Waals surface area contributed by atoms with E-state index >= 15 is 0 Å². The molecule has 28 heavy (non-hydrogen) atoms. The Kier molecular flexibility index (Phi) is 6.19. The van der Waals surface area contributed by atoms with Crippen molar-refractivity contribution in [3.05, 3.63) is 23.8 Å². The molecule has 2 fully saturated rings. The molecule has 0 aromatic heterocycles. The van der Waals surface area contributed by atoms with E-state index in [1.54, 1.807) is 0 Å². The van der Waals surface area contributed by atoms with Gasteiger partial charge in [0.05, 0.1) is 36.7 Å². The Morgan fingerprint density at radius 2 is 1.89 bits per heavy atom. The fourth-order valence-corrected chi connectivity index (χ4v) is 3.77. The molecule has 0 atom stereocenters. The van der Waals surface area contributed by atoms with Gasteiger partial charge in [0.2, 0.25) is 5.91 Å². The molecule has 2 heterocycles. The first-order valence-corrected chi connectivity index (χ1v) is 9.76. The Bertz CT molecular complexity index is 700. The van der Waals surface area contributed by atoms with E-state index in [4.69, 9.17) is 4.74 Å². The van der Waals surface area contributed by atoms with E-state index in [1.807, 2.05) is 18.7 Å². The molecule has 1 aromatic rings. The van der Waals surface area contributed by atoms with Crippen LogP contribution in [0.4, 0.5) is 24.5 Å². The van der Waals surface area contributed by atoms with E-state index < -0.39 is 11.7 Å². The van der Waals surface area contributed by atoms with Gasteiger partial charge in [-0.15, -0.1) is 0 Å². The Morgan fingerprint density at radius 1 is 1.18 bits per heavy atom. The Morgan fingerprint density at radius 3 is 2.54 bits per heavy atom. The number of anilines is 2. The molecule has 2 saturated heterocycles. The van der Waals surface area contributed by atoms with Crippen LogP contribution < -0.4 is 10.2 Å². The summed E-state index contributed by atoms with van der Waals surface area (Å²) in [6.45, 7) is 7.33. The summed E-state index contributed by atoms with van der Waals surface area (Å²) in [6.07, 6.45) is -1.34. The van der Waals surface area contributed by atoms with Crippen molar-refractivity contribution >= 4 is 17.3 Å². The molecule has 0 saturated carbocycles. The molecular weight excluding hydrogens is 371 g/mol. The summed E-state index contributed by atoms with van der Waals surface area (Å²) < 4.78 is 45.1. The summed E-state index contributed by atoms with van der Waals surface area (Å²) in [6, 6.07) is 3.61. The van der Waals surface area contributed by atoms with Gasteiger partial charge in [-0.3, -0.25) is 9.69 Å². The maximum Gasteiger partial charge on any atom is 0.416 e. The van der Waals surface area contributed by atoms with Gasteiger partial charge in [0.1, 0.15) is 0 Å². The van der Waals surface area contributed by atoms with Gasteiger partial charge in [0.25, 0.3) is 0 Å². The summed E-state index contributed by atoms with van der Waals surface area (Å²) in [5, 5.41) is 2.74. The lowest BCUT2D eigenvalue weighted by Gasteiger charge is -2.41. The van der Waals surface area contributed by atoms with Crippen LogP contribution in [0.25, 0.3) is 0 Å². The van der Waals surface area contributed by atoms with Gasteiger partial charge in [-0.05, 0) is 51.3 Å². The third-order valence-corrected chi connectivity index (χ3v) is 5.45. The van der Waals surface area contributed by atoms with Crippen LogP contribution in [0, 0.1) is 0 Å². The van der Waals surface area contributed by atoms with Gasteiger partial charge in [0, 0.05) is 25.2 Å². The summed E-state index contributed by atoms with van der Waals surface area (Å²) in [5.41, 5.74) is -0.163. The van der Waals surface area contributed by atoms with Gasteiger partial charge >= 0.3 is 6.18 Å². The minimum absolute atomic E-state index is 0.117. The average molecular weight is 399 g/mol. The number of ether oxygens (including phenoxy) is 1. The lowest BCUT2D eigenvalue weighted by Crippen LogP contribution is -2.55. The third-order valence-electron chi connectivity index (χ3n) is 5.45. The predicted octanol–water partition coefficient (Wildman–Crippen LogP) is 3.75. The van der Waals surface area contributed by atoms with Crippen molar-refractivity contribution in [3.63, 3.8) is 0 Å². The first-order valence-electron chi connectivity index (χ1n) is 9.76. The number of hydrogen-bond acceptors (Lipinski definition) is 4. The monoisotopic (exact) mass is 399 g/mol. The first-order chi connectivity index (χ1) is 13.2. The molecule has 0 unspecified atom stereocenters. The smallest absolute Gasteiger partial charge is 0.378 e. The second-order valence-electron chi connectivity index (χ2n) is 8.11. The number of amides is 1. The number of benzene rings is 1. The summed E-state index contributed by atoms with van der Waals surface area (Å²) in [4.78, 5) is 16.7. The molecule has 3 rings (SSSR count). The van der Waals surface area contributed by atoms with Crippen LogP contribution >= 0.6 is 0 Å². The number of nitrogens with zero attached hydrogens (tertiary/aromatic N) is 2. The maximum absolute atomic E-state index is 13.2. The zero-order valence-corrected chi connectivity index (χ0v) is 16.4. The summed E-state index contributed by atoms with van der Waals surface area (Å²) in [5.74, 6) is -0.312. The largest absolute Gasteiger partial charge is 0.416 e.